The largest absolute Gasteiger partial charge is 0.462 e. The highest BCUT2D eigenvalue weighted by Crippen LogP contribution is 2.32. The van der Waals surface area contributed by atoms with Crippen LogP contribution in [0.15, 0.2) is 36.4 Å². The maximum absolute atomic E-state index is 14.2. The van der Waals surface area contributed by atoms with Gasteiger partial charge in [0.2, 0.25) is 5.82 Å². The van der Waals surface area contributed by atoms with Gasteiger partial charge < -0.3 is 15.4 Å². The van der Waals surface area contributed by atoms with E-state index in [1.807, 2.05) is 30.3 Å². The van der Waals surface area contributed by atoms with Crippen LogP contribution in [0.2, 0.25) is 0 Å². The molecule has 4 aromatic rings. The van der Waals surface area contributed by atoms with Crippen molar-refractivity contribution >= 4 is 45.3 Å². The zero-order chi connectivity index (χ0) is 29.1. The number of anilines is 2. The number of carbonyl (C=O) groups excluding carboxylic acids is 1. The fourth-order valence-corrected chi connectivity index (χ4v) is 5.35. The van der Waals surface area contributed by atoms with Crippen LogP contribution in [0.4, 0.5) is 32.6 Å². The molecule has 6 nitrogen and oxygen atoms in total. The maximum Gasteiger partial charge on any atom is 0.341 e. The molecule has 0 amide bonds. The molecule has 4 rings (SSSR count). The molecule has 2 N–H and O–H groups in total. The predicted molar refractivity (Wildman–Crippen MR) is 146 cm³/mol. The van der Waals surface area contributed by atoms with Crippen LogP contribution < -0.4 is 10.6 Å². The number of nitrogens with zero attached hydrogens (tertiary/aromatic N) is 2. The molecular formula is C27H23F5N4O2S2. The fraction of sp³-hybridized carbons (Fsp3) is 0.222. The van der Waals surface area contributed by atoms with Gasteiger partial charge in [0.15, 0.2) is 28.4 Å². The summed E-state index contributed by atoms with van der Waals surface area (Å²) >= 11 is 6.78. The lowest BCUT2D eigenvalue weighted by Gasteiger charge is -2.12. The monoisotopic (exact) mass is 594 g/mol. The molecule has 0 saturated carbocycles. The third-order valence-corrected chi connectivity index (χ3v) is 7.21. The number of benzene rings is 2. The lowest BCUT2D eigenvalue weighted by atomic mass is 10.1. The van der Waals surface area contributed by atoms with Gasteiger partial charge in [-0.3, -0.25) is 4.68 Å². The normalized spacial score (nSPS) is 11.0. The number of thiocarbonyl (C=S) groups is 1. The summed E-state index contributed by atoms with van der Waals surface area (Å²) in [4.78, 5) is 13.5. The van der Waals surface area contributed by atoms with Crippen LogP contribution in [0.25, 0.3) is 0 Å². The molecule has 13 heteroatoms. The van der Waals surface area contributed by atoms with Gasteiger partial charge in [-0.1, -0.05) is 30.3 Å². The van der Waals surface area contributed by atoms with Gasteiger partial charge in [0.1, 0.15) is 5.00 Å². The molecule has 0 spiro atoms. The molecule has 0 saturated heterocycles. The van der Waals surface area contributed by atoms with Gasteiger partial charge in [-0.15, -0.1) is 11.3 Å². The minimum atomic E-state index is -2.23. The Morgan fingerprint density at radius 3 is 2.25 bits per heavy atom. The molecular weight excluding hydrogens is 571 g/mol. The van der Waals surface area contributed by atoms with Crippen LogP contribution >= 0.6 is 23.6 Å². The molecule has 0 radical (unpaired) electrons. The number of nitrogens with one attached hydrogen (secondary N) is 2. The first-order valence-electron chi connectivity index (χ1n) is 12.0. The van der Waals surface area contributed by atoms with Crippen molar-refractivity contribution in [3.8, 4) is 0 Å². The first-order chi connectivity index (χ1) is 19.0. The van der Waals surface area contributed by atoms with Crippen LogP contribution in [0.3, 0.4) is 0 Å². The van der Waals surface area contributed by atoms with Gasteiger partial charge in [-0.2, -0.15) is 5.10 Å². The number of halogens is 5. The van der Waals surface area contributed by atoms with Gasteiger partial charge in [0, 0.05) is 11.3 Å². The average Bonchev–Trinajstić information content (AvgIpc) is 3.44. The molecule has 0 unspecified atom stereocenters. The highest BCUT2D eigenvalue weighted by Gasteiger charge is 2.27. The number of ether oxygens (including phenoxy) is 1. The molecule has 0 aliphatic heterocycles. The number of carbonyl (C=O) groups is 1. The summed E-state index contributed by atoms with van der Waals surface area (Å²) in [6.07, 6.45) is 0.586. The van der Waals surface area contributed by atoms with Crippen molar-refractivity contribution in [3.63, 3.8) is 0 Å². The molecule has 2 heterocycles. The Labute approximate surface area is 235 Å². The van der Waals surface area contributed by atoms with Crippen molar-refractivity contribution in [3.05, 3.63) is 98.4 Å². The van der Waals surface area contributed by atoms with Crippen LogP contribution in [0.1, 0.15) is 44.7 Å². The Hall–Kier alpha value is -3.84. The van der Waals surface area contributed by atoms with Crippen LogP contribution in [-0.2, 0) is 17.7 Å². The molecule has 2 aromatic heterocycles. The first kappa shape index (κ1) is 29.2. The molecule has 0 atom stereocenters. The summed E-state index contributed by atoms with van der Waals surface area (Å²) < 4.78 is 75.5. The van der Waals surface area contributed by atoms with Crippen LogP contribution in [0, 0.1) is 42.9 Å². The molecule has 40 heavy (non-hydrogen) atoms. The SMILES string of the molecule is CCOC(=O)c1cc(Cc2ccccc2)sc1NC(=S)Nc1c(C)nn(Cc2c(F)c(F)c(F)c(F)c2F)c1C. The van der Waals surface area contributed by atoms with Crippen molar-refractivity contribution in [2.45, 2.75) is 33.7 Å². The highest BCUT2D eigenvalue weighted by molar-refractivity contribution is 7.80. The van der Waals surface area contributed by atoms with E-state index in [1.54, 1.807) is 26.8 Å². The summed E-state index contributed by atoms with van der Waals surface area (Å²) in [5.74, 6) is -10.7. The summed E-state index contributed by atoms with van der Waals surface area (Å²) in [6.45, 7) is 4.31. The summed E-state index contributed by atoms with van der Waals surface area (Å²) in [6, 6.07) is 11.4. The zero-order valence-electron chi connectivity index (χ0n) is 21.5. The Balaban J connectivity index is 1.56. The standard InChI is InChI=1S/C27H23F5N4O2S2/c1-4-38-26(37)17-11-16(10-15-8-6-5-7-9-15)40-25(17)34-27(39)33-24-13(2)35-36(14(24)3)12-18-19(28)21(30)23(32)22(31)20(18)29/h5-9,11H,4,10,12H2,1-3H3,(H2,33,34,39). The van der Waals surface area contributed by atoms with Gasteiger partial charge in [0.05, 0.1) is 41.4 Å². The molecule has 0 aliphatic rings. The number of esters is 1. The number of hydrogen-bond donors (Lipinski definition) is 2. The smallest absolute Gasteiger partial charge is 0.341 e. The van der Waals surface area contributed by atoms with E-state index in [0.717, 1.165) is 15.1 Å². The molecule has 0 aliphatic carbocycles. The summed E-state index contributed by atoms with van der Waals surface area (Å²) in [7, 11) is 0. The number of thiophene rings is 1. The maximum atomic E-state index is 14.2. The van der Waals surface area contributed by atoms with E-state index < -0.39 is 47.2 Å². The predicted octanol–water partition coefficient (Wildman–Crippen LogP) is 6.88. The summed E-state index contributed by atoms with van der Waals surface area (Å²) in [5, 5.41) is 10.7. The van der Waals surface area contributed by atoms with Gasteiger partial charge in [0.25, 0.3) is 0 Å². The first-order valence-corrected chi connectivity index (χ1v) is 13.2. The lowest BCUT2D eigenvalue weighted by Crippen LogP contribution is -2.21. The fourth-order valence-electron chi connectivity index (χ4n) is 4.00. The zero-order valence-corrected chi connectivity index (χ0v) is 23.1. The number of rotatable bonds is 8. The Bertz CT molecular complexity index is 1560. The van der Waals surface area contributed by atoms with Crippen LogP contribution in [0.5, 0.6) is 0 Å². The van der Waals surface area contributed by atoms with Crippen molar-refractivity contribution in [2.75, 3.05) is 17.2 Å². The third kappa shape index (κ3) is 5.99. The van der Waals surface area contributed by atoms with Crippen LogP contribution in [-0.4, -0.2) is 27.5 Å². The van der Waals surface area contributed by atoms with E-state index in [1.165, 1.54) is 11.3 Å². The minimum Gasteiger partial charge on any atom is -0.462 e. The Morgan fingerprint density at radius 2 is 1.62 bits per heavy atom. The van der Waals surface area contributed by atoms with Crippen molar-refractivity contribution in [2.24, 2.45) is 0 Å². The number of aryl methyl sites for hydroxylation is 1. The second kappa shape index (κ2) is 12.1. The second-order valence-electron chi connectivity index (χ2n) is 8.67. The van der Waals surface area contributed by atoms with E-state index in [-0.39, 0.29) is 11.7 Å². The summed E-state index contributed by atoms with van der Waals surface area (Å²) in [5.41, 5.74) is 1.38. The molecule has 0 fully saturated rings. The van der Waals surface area contributed by atoms with E-state index in [9.17, 15) is 26.7 Å². The van der Waals surface area contributed by atoms with E-state index in [0.29, 0.717) is 34.1 Å². The molecule has 0 bridgehead atoms. The van der Waals surface area contributed by atoms with Gasteiger partial charge in [-0.05, 0) is 44.6 Å². The quantitative estimate of drug-likeness (QED) is 0.0762. The lowest BCUT2D eigenvalue weighted by molar-refractivity contribution is 0.0528. The number of aromatic nitrogens is 2. The topological polar surface area (TPSA) is 68.2 Å². The van der Waals surface area contributed by atoms with E-state index >= 15 is 0 Å². The number of hydrogen-bond acceptors (Lipinski definition) is 5. The van der Waals surface area contributed by atoms with Gasteiger partial charge >= 0.3 is 5.97 Å². The Kier molecular flexibility index (Phi) is 8.84. The minimum absolute atomic E-state index is 0.0839. The van der Waals surface area contributed by atoms with Crippen molar-refractivity contribution < 1.29 is 31.5 Å². The second-order valence-corrected chi connectivity index (χ2v) is 10.2. The van der Waals surface area contributed by atoms with E-state index in [4.69, 9.17) is 17.0 Å². The van der Waals surface area contributed by atoms with E-state index in [2.05, 4.69) is 15.7 Å². The highest BCUT2D eigenvalue weighted by atomic mass is 32.1. The Morgan fingerprint density at radius 1 is 1.00 bits per heavy atom. The third-order valence-electron chi connectivity index (χ3n) is 5.96. The van der Waals surface area contributed by atoms with Crippen molar-refractivity contribution in [1.82, 2.24) is 9.78 Å². The molecule has 210 valence electrons. The van der Waals surface area contributed by atoms with Gasteiger partial charge in [-0.25, -0.2) is 26.7 Å². The molecule has 2 aromatic carbocycles. The van der Waals surface area contributed by atoms with Crippen molar-refractivity contribution in [1.29, 1.82) is 0 Å². The average molecular weight is 595 g/mol.